The van der Waals surface area contributed by atoms with Crippen LogP contribution in [0.3, 0.4) is 0 Å². The van der Waals surface area contributed by atoms with E-state index in [1.165, 1.54) is 11.8 Å². The van der Waals surface area contributed by atoms with Crippen molar-refractivity contribution in [3.05, 3.63) is 59.0 Å². The smallest absolute Gasteiger partial charge is 0.342 e. The Balaban J connectivity index is 1.77. The first-order valence-electron chi connectivity index (χ1n) is 7.07. The van der Waals surface area contributed by atoms with Crippen molar-refractivity contribution in [2.75, 3.05) is 14.2 Å². The predicted octanol–water partition coefficient (Wildman–Crippen LogP) is 4.28. The molecule has 0 aliphatic rings. The van der Waals surface area contributed by atoms with Crippen LogP contribution in [0.1, 0.15) is 15.9 Å². The van der Waals surface area contributed by atoms with Crippen molar-refractivity contribution in [3.63, 3.8) is 0 Å². The van der Waals surface area contributed by atoms with E-state index in [0.29, 0.717) is 17.1 Å². The quantitative estimate of drug-likeness (QED) is 0.656. The zero-order chi connectivity index (χ0) is 16.2. The van der Waals surface area contributed by atoms with Gasteiger partial charge in [0.25, 0.3) is 0 Å². The Hall–Kier alpha value is -2.53. The highest BCUT2D eigenvalue weighted by atomic mass is 32.1. The second kappa shape index (κ2) is 6.71. The van der Waals surface area contributed by atoms with Gasteiger partial charge in [-0.15, -0.1) is 11.3 Å². The standard InChI is InChI=1S/C18H16O4S/c1-20-13-7-8-15(16(9-13)21-2)18(19)22-10-12-11-23-17-6-4-3-5-14(12)17/h3-9,11H,10H2,1-2H3. The molecule has 3 rings (SSSR count). The van der Waals surface area contributed by atoms with Gasteiger partial charge in [0.05, 0.1) is 14.2 Å². The van der Waals surface area contributed by atoms with Crippen LogP contribution in [-0.2, 0) is 11.3 Å². The molecule has 0 aliphatic heterocycles. The summed E-state index contributed by atoms with van der Waals surface area (Å²) in [5.41, 5.74) is 1.39. The SMILES string of the molecule is COc1ccc(C(=O)OCc2csc3ccccc23)c(OC)c1. The Kier molecular flexibility index (Phi) is 4.48. The third-order valence-corrected chi connectivity index (χ3v) is 4.56. The number of methoxy groups -OCH3 is 2. The number of esters is 1. The van der Waals surface area contributed by atoms with Crippen molar-refractivity contribution in [3.8, 4) is 11.5 Å². The molecule has 1 heterocycles. The monoisotopic (exact) mass is 328 g/mol. The number of ether oxygens (including phenoxy) is 3. The van der Waals surface area contributed by atoms with Crippen LogP contribution in [0.5, 0.6) is 11.5 Å². The summed E-state index contributed by atoms with van der Waals surface area (Å²) in [4.78, 5) is 12.3. The number of thiophene rings is 1. The number of carbonyl (C=O) groups excluding carboxylic acids is 1. The number of hydrogen-bond acceptors (Lipinski definition) is 5. The maximum Gasteiger partial charge on any atom is 0.342 e. The number of benzene rings is 2. The van der Waals surface area contributed by atoms with Gasteiger partial charge in [-0.05, 0) is 29.0 Å². The summed E-state index contributed by atoms with van der Waals surface area (Å²) < 4.78 is 17.0. The first kappa shape index (κ1) is 15.4. The molecule has 3 aromatic rings. The van der Waals surface area contributed by atoms with Crippen molar-refractivity contribution in [2.24, 2.45) is 0 Å². The van der Waals surface area contributed by atoms with E-state index in [2.05, 4.69) is 6.07 Å². The van der Waals surface area contributed by atoms with E-state index in [1.54, 1.807) is 36.6 Å². The third-order valence-electron chi connectivity index (χ3n) is 3.55. The molecule has 0 atom stereocenters. The van der Waals surface area contributed by atoms with Gasteiger partial charge in [-0.1, -0.05) is 18.2 Å². The van der Waals surface area contributed by atoms with Crippen molar-refractivity contribution in [1.82, 2.24) is 0 Å². The van der Waals surface area contributed by atoms with E-state index in [9.17, 15) is 4.79 Å². The van der Waals surface area contributed by atoms with E-state index >= 15 is 0 Å². The Morgan fingerprint density at radius 2 is 1.91 bits per heavy atom. The topological polar surface area (TPSA) is 44.8 Å². The van der Waals surface area contributed by atoms with Crippen LogP contribution >= 0.6 is 11.3 Å². The van der Waals surface area contributed by atoms with Gasteiger partial charge >= 0.3 is 5.97 Å². The molecule has 0 aliphatic carbocycles. The molecular weight excluding hydrogens is 312 g/mol. The molecule has 0 fully saturated rings. The number of fused-ring (bicyclic) bond motifs is 1. The van der Waals surface area contributed by atoms with Crippen molar-refractivity contribution < 1.29 is 19.0 Å². The van der Waals surface area contributed by atoms with Gasteiger partial charge in [0.2, 0.25) is 0 Å². The van der Waals surface area contributed by atoms with E-state index < -0.39 is 5.97 Å². The number of carbonyl (C=O) groups is 1. The summed E-state index contributed by atoms with van der Waals surface area (Å²) >= 11 is 1.64. The van der Waals surface area contributed by atoms with Gasteiger partial charge in [0.15, 0.2) is 0 Å². The predicted molar refractivity (Wildman–Crippen MR) is 90.5 cm³/mol. The molecule has 0 amide bonds. The number of hydrogen-bond donors (Lipinski definition) is 0. The maximum absolute atomic E-state index is 12.3. The molecule has 118 valence electrons. The van der Waals surface area contributed by atoms with Crippen molar-refractivity contribution in [1.29, 1.82) is 0 Å². The van der Waals surface area contributed by atoms with Crippen LogP contribution < -0.4 is 9.47 Å². The summed E-state index contributed by atoms with van der Waals surface area (Å²) in [5.74, 6) is 0.645. The molecule has 0 unspecified atom stereocenters. The Morgan fingerprint density at radius 3 is 2.70 bits per heavy atom. The fourth-order valence-corrected chi connectivity index (χ4v) is 3.28. The van der Waals surface area contributed by atoms with Crippen LogP contribution in [0.25, 0.3) is 10.1 Å². The molecule has 0 saturated heterocycles. The van der Waals surface area contributed by atoms with Gasteiger partial charge in [-0.25, -0.2) is 4.79 Å². The first-order chi connectivity index (χ1) is 11.2. The second-order valence-corrected chi connectivity index (χ2v) is 5.81. The Bertz CT molecular complexity index is 838. The average Bonchev–Trinajstić information content (AvgIpc) is 3.02. The van der Waals surface area contributed by atoms with Crippen molar-refractivity contribution >= 4 is 27.4 Å². The summed E-state index contributed by atoms with van der Waals surface area (Å²) in [5, 5.41) is 3.13. The van der Waals surface area contributed by atoms with Gasteiger partial charge in [0.1, 0.15) is 23.7 Å². The molecule has 23 heavy (non-hydrogen) atoms. The minimum absolute atomic E-state index is 0.234. The fourth-order valence-electron chi connectivity index (χ4n) is 2.33. The highest BCUT2D eigenvalue weighted by molar-refractivity contribution is 7.17. The fraction of sp³-hybridized carbons (Fsp3) is 0.167. The van der Waals surface area contributed by atoms with Gasteiger partial charge in [-0.3, -0.25) is 0 Å². The van der Waals surface area contributed by atoms with Crippen LogP contribution in [0.15, 0.2) is 47.8 Å². The van der Waals surface area contributed by atoms with Crippen molar-refractivity contribution in [2.45, 2.75) is 6.61 Å². The summed E-state index contributed by atoms with van der Waals surface area (Å²) in [6.07, 6.45) is 0. The number of rotatable bonds is 5. The van der Waals surface area contributed by atoms with Crippen LogP contribution in [0.2, 0.25) is 0 Å². The molecule has 1 aromatic heterocycles. The van der Waals surface area contributed by atoms with Crippen LogP contribution in [0.4, 0.5) is 0 Å². The van der Waals surface area contributed by atoms with E-state index in [-0.39, 0.29) is 6.61 Å². The minimum atomic E-state index is -0.417. The lowest BCUT2D eigenvalue weighted by molar-refractivity contribution is 0.0471. The molecule has 0 radical (unpaired) electrons. The molecule has 2 aromatic carbocycles. The molecule has 4 nitrogen and oxygen atoms in total. The maximum atomic E-state index is 12.3. The summed E-state index contributed by atoms with van der Waals surface area (Å²) in [7, 11) is 3.08. The summed E-state index contributed by atoms with van der Waals surface area (Å²) in [6.45, 7) is 0.234. The molecule has 0 spiro atoms. The van der Waals surface area contributed by atoms with Gasteiger partial charge in [0, 0.05) is 16.3 Å². The highest BCUT2D eigenvalue weighted by Crippen LogP contribution is 2.28. The lowest BCUT2D eigenvalue weighted by Crippen LogP contribution is -2.07. The minimum Gasteiger partial charge on any atom is -0.497 e. The average molecular weight is 328 g/mol. The van der Waals surface area contributed by atoms with Crippen LogP contribution in [-0.4, -0.2) is 20.2 Å². The lowest BCUT2D eigenvalue weighted by Gasteiger charge is -2.10. The van der Waals surface area contributed by atoms with Crippen LogP contribution in [0, 0.1) is 0 Å². The van der Waals surface area contributed by atoms with E-state index in [0.717, 1.165) is 10.9 Å². The Labute approximate surface area is 138 Å². The highest BCUT2D eigenvalue weighted by Gasteiger charge is 2.15. The molecule has 5 heteroatoms. The molecular formula is C18H16O4S. The molecule has 0 bridgehead atoms. The summed E-state index contributed by atoms with van der Waals surface area (Å²) in [6, 6.07) is 13.1. The zero-order valence-electron chi connectivity index (χ0n) is 12.9. The molecule has 0 N–H and O–H groups in total. The zero-order valence-corrected chi connectivity index (χ0v) is 13.7. The second-order valence-electron chi connectivity index (χ2n) is 4.90. The largest absolute Gasteiger partial charge is 0.497 e. The first-order valence-corrected chi connectivity index (χ1v) is 7.95. The van der Waals surface area contributed by atoms with Gasteiger partial charge in [-0.2, -0.15) is 0 Å². The van der Waals surface area contributed by atoms with Gasteiger partial charge < -0.3 is 14.2 Å². The normalized spacial score (nSPS) is 10.5. The third kappa shape index (κ3) is 3.14. The van der Waals surface area contributed by atoms with E-state index in [1.807, 2.05) is 23.6 Å². The Morgan fingerprint density at radius 1 is 1.09 bits per heavy atom. The molecule has 0 saturated carbocycles. The van der Waals surface area contributed by atoms with E-state index in [4.69, 9.17) is 14.2 Å². The lowest BCUT2D eigenvalue weighted by atomic mass is 10.2.